The number of rotatable bonds is 3. The summed E-state index contributed by atoms with van der Waals surface area (Å²) in [4.78, 5) is 0. The Morgan fingerprint density at radius 3 is 2.74 bits per heavy atom. The van der Waals surface area contributed by atoms with Gasteiger partial charge in [0.2, 0.25) is 0 Å². The van der Waals surface area contributed by atoms with E-state index in [2.05, 4.69) is 11.4 Å². The number of halogens is 2. The Morgan fingerprint density at radius 1 is 1.26 bits per heavy atom. The highest BCUT2D eigenvalue weighted by Crippen LogP contribution is 2.21. The molecule has 4 heteroatoms. The monoisotopic (exact) mass is 274 g/mol. The lowest BCUT2D eigenvalue weighted by molar-refractivity contribution is 0.616. The topological polar surface area (TPSA) is 35.8 Å². The molecule has 19 heavy (non-hydrogen) atoms. The van der Waals surface area contributed by atoms with Crippen LogP contribution in [-0.2, 0) is 6.54 Å². The SMILES string of the molecule is Cc1ccc(CNc2cc(Cl)ccc2C#N)cc1F. The lowest BCUT2D eigenvalue weighted by Gasteiger charge is -2.09. The van der Waals surface area contributed by atoms with Gasteiger partial charge >= 0.3 is 0 Å². The maximum Gasteiger partial charge on any atom is 0.126 e. The zero-order chi connectivity index (χ0) is 13.8. The summed E-state index contributed by atoms with van der Waals surface area (Å²) in [6.07, 6.45) is 0. The Hall–Kier alpha value is -2.05. The summed E-state index contributed by atoms with van der Waals surface area (Å²) in [5, 5.41) is 12.6. The molecule has 0 amide bonds. The van der Waals surface area contributed by atoms with E-state index in [1.54, 1.807) is 31.2 Å². The molecule has 0 aliphatic rings. The summed E-state index contributed by atoms with van der Waals surface area (Å²) in [6.45, 7) is 2.16. The summed E-state index contributed by atoms with van der Waals surface area (Å²) in [7, 11) is 0. The lowest BCUT2D eigenvalue weighted by atomic mass is 10.1. The highest BCUT2D eigenvalue weighted by molar-refractivity contribution is 6.30. The van der Waals surface area contributed by atoms with E-state index in [4.69, 9.17) is 16.9 Å². The maximum absolute atomic E-state index is 13.4. The van der Waals surface area contributed by atoms with Crippen LogP contribution in [0.4, 0.5) is 10.1 Å². The fourth-order valence-corrected chi connectivity index (χ4v) is 1.88. The predicted octanol–water partition coefficient (Wildman–Crippen LogP) is 4.27. The average molecular weight is 275 g/mol. The fourth-order valence-electron chi connectivity index (χ4n) is 1.70. The summed E-state index contributed by atoms with van der Waals surface area (Å²) >= 11 is 5.89. The van der Waals surface area contributed by atoms with Crippen molar-refractivity contribution in [2.75, 3.05) is 5.32 Å². The number of anilines is 1. The average Bonchev–Trinajstić information content (AvgIpc) is 2.40. The van der Waals surface area contributed by atoms with Crippen LogP contribution in [0.25, 0.3) is 0 Å². The molecule has 2 nitrogen and oxygen atoms in total. The molecule has 0 aliphatic carbocycles. The first kappa shape index (κ1) is 13.4. The molecule has 0 aliphatic heterocycles. The minimum absolute atomic E-state index is 0.231. The van der Waals surface area contributed by atoms with Gasteiger partial charge in [-0.05, 0) is 42.3 Å². The minimum Gasteiger partial charge on any atom is -0.380 e. The van der Waals surface area contributed by atoms with E-state index in [0.717, 1.165) is 5.56 Å². The van der Waals surface area contributed by atoms with E-state index in [0.29, 0.717) is 28.4 Å². The third-order valence-corrected chi connectivity index (χ3v) is 3.06. The second-order valence-corrected chi connectivity index (χ2v) is 4.68. The zero-order valence-electron chi connectivity index (χ0n) is 10.4. The predicted molar refractivity (Wildman–Crippen MR) is 74.6 cm³/mol. The molecule has 96 valence electrons. The summed E-state index contributed by atoms with van der Waals surface area (Å²) in [6, 6.07) is 12.2. The van der Waals surface area contributed by atoms with Crippen molar-refractivity contribution in [1.82, 2.24) is 0 Å². The maximum atomic E-state index is 13.4. The Bertz CT molecular complexity index is 647. The smallest absolute Gasteiger partial charge is 0.126 e. The normalized spacial score (nSPS) is 10.0. The molecule has 1 N–H and O–H groups in total. The van der Waals surface area contributed by atoms with Crippen LogP contribution in [0.2, 0.25) is 5.02 Å². The van der Waals surface area contributed by atoms with Gasteiger partial charge in [-0.15, -0.1) is 0 Å². The van der Waals surface area contributed by atoms with Gasteiger partial charge in [-0.1, -0.05) is 23.7 Å². The second-order valence-electron chi connectivity index (χ2n) is 4.24. The lowest BCUT2D eigenvalue weighted by Crippen LogP contribution is -2.02. The van der Waals surface area contributed by atoms with Crippen LogP contribution in [0.1, 0.15) is 16.7 Å². The van der Waals surface area contributed by atoms with E-state index < -0.39 is 0 Å². The first-order valence-electron chi connectivity index (χ1n) is 5.78. The van der Waals surface area contributed by atoms with Gasteiger partial charge in [0.1, 0.15) is 11.9 Å². The Kier molecular flexibility index (Phi) is 4.03. The molecule has 0 fully saturated rings. The van der Waals surface area contributed by atoms with Gasteiger partial charge in [-0.3, -0.25) is 0 Å². The van der Waals surface area contributed by atoms with Gasteiger partial charge in [-0.2, -0.15) is 5.26 Å². The summed E-state index contributed by atoms with van der Waals surface area (Å²) in [5.41, 5.74) is 2.59. The molecule has 0 radical (unpaired) electrons. The van der Waals surface area contributed by atoms with Gasteiger partial charge in [0.05, 0.1) is 11.3 Å². The van der Waals surface area contributed by atoms with E-state index in [1.807, 2.05) is 6.07 Å². The molecular formula is C15H12ClFN2. The van der Waals surface area contributed by atoms with Crippen LogP contribution in [0.15, 0.2) is 36.4 Å². The van der Waals surface area contributed by atoms with Crippen LogP contribution in [0.5, 0.6) is 0 Å². The Labute approximate surface area is 116 Å². The highest BCUT2D eigenvalue weighted by Gasteiger charge is 2.04. The van der Waals surface area contributed by atoms with Gasteiger partial charge in [0, 0.05) is 11.6 Å². The van der Waals surface area contributed by atoms with Gasteiger partial charge in [0.25, 0.3) is 0 Å². The molecule has 0 saturated heterocycles. The Balaban J connectivity index is 2.16. The molecule has 0 saturated carbocycles. The van der Waals surface area contributed by atoms with Gasteiger partial charge in [-0.25, -0.2) is 4.39 Å². The molecule has 0 aromatic heterocycles. The number of nitrogens with zero attached hydrogens (tertiary/aromatic N) is 1. The molecule has 0 heterocycles. The summed E-state index contributed by atoms with van der Waals surface area (Å²) in [5.74, 6) is -0.231. The van der Waals surface area contributed by atoms with Gasteiger partial charge in [0.15, 0.2) is 0 Å². The van der Waals surface area contributed by atoms with Crippen LogP contribution >= 0.6 is 11.6 Å². The quantitative estimate of drug-likeness (QED) is 0.907. The molecule has 2 rings (SSSR count). The minimum atomic E-state index is -0.231. The third kappa shape index (κ3) is 3.24. The van der Waals surface area contributed by atoms with Crippen molar-refractivity contribution in [3.8, 4) is 6.07 Å². The number of nitrogens with one attached hydrogen (secondary N) is 1. The molecular weight excluding hydrogens is 263 g/mol. The summed E-state index contributed by atoms with van der Waals surface area (Å²) < 4.78 is 13.4. The van der Waals surface area contributed by atoms with E-state index >= 15 is 0 Å². The van der Waals surface area contributed by atoms with Crippen molar-refractivity contribution >= 4 is 17.3 Å². The number of hydrogen-bond donors (Lipinski definition) is 1. The third-order valence-electron chi connectivity index (χ3n) is 2.82. The van der Waals surface area contributed by atoms with Crippen LogP contribution in [0.3, 0.4) is 0 Å². The number of nitriles is 1. The number of hydrogen-bond acceptors (Lipinski definition) is 2. The molecule has 2 aromatic rings. The van der Waals surface area contributed by atoms with E-state index in [1.165, 1.54) is 6.07 Å². The molecule has 0 spiro atoms. The molecule has 2 aromatic carbocycles. The number of aryl methyl sites for hydroxylation is 1. The van der Waals surface area contributed by atoms with Crippen LogP contribution < -0.4 is 5.32 Å². The standard InChI is InChI=1S/C15H12ClFN2/c1-10-2-3-11(6-14(10)17)9-19-15-7-13(16)5-4-12(15)8-18/h2-7,19H,9H2,1H3. The fraction of sp³-hybridized carbons (Fsp3) is 0.133. The van der Waals surface area contributed by atoms with Crippen LogP contribution in [0, 0.1) is 24.1 Å². The zero-order valence-corrected chi connectivity index (χ0v) is 11.1. The largest absolute Gasteiger partial charge is 0.380 e. The van der Waals surface area contributed by atoms with E-state index in [-0.39, 0.29) is 5.82 Å². The first-order valence-corrected chi connectivity index (χ1v) is 6.16. The highest BCUT2D eigenvalue weighted by atomic mass is 35.5. The van der Waals surface area contributed by atoms with Crippen molar-refractivity contribution in [3.05, 3.63) is 63.9 Å². The molecule has 0 unspecified atom stereocenters. The molecule has 0 atom stereocenters. The van der Waals surface area contributed by atoms with Crippen molar-refractivity contribution in [1.29, 1.82) is 5.26 Å². The van der Waals surface area contributed by atoms with Crippen molar-refractivity contribution in [3.63, 3.8) is 0 Å². The second kappa shape index (κ2) is 5.73. The Morgan fingerprint density at radius 2 is 2.05 bits per heavy atom. The number of benzene rings is 2. The van der Waals surface area contributed by atoms with Crippen molar-refractivity contribution < 1.29 is 4.39 Å². The first-order chi connectivity index (χ1) is 9.10. The van der Waals surface area contributed by atoms with Gasteiger partial charge < -0.3 is 5.32 Å². The van der Waals surface area contributed by atoms with E-state index in [9.17, 15) is 4.39 Å². The van der Waals surface area contributed by atoms with Crippen LogP contribution in [-0.4, -0.2) is 0 Å². The van der Waals surface area contributed by atoms with Crippen molar-refractivity contribution in [2.45, 2.75) is 13.5 Å². The molecule has 0 bridgehead atoms. The van der Waals surface area contributed by atoms with Crippen molar-refractivity contribution in [2.24, 2.45) is 0 Å².